The third kappa shape index (κ3) is 3.98. The average molecular weight is 347 g/mol. The number of carbonyl (C=O) groups is 1. The molecule has 0 bridgehead atoms. The number of fused-ring (bicyclic) bond motifs is 1. The first-order valence-corrected chi connectivity index (χ1v) is 9.14. The van der Waals surface area contributed by atoms with Gasteiger partial charge in [-0.05, 0) is 36.7 Å². The molecule has 0 saturated carbocycles. The highest BCUT2D eigenvalue weighted by Crippen LogP contribution is 2.49. The molecule has 1 aromatic rings. The average Bonchev–Trinajstić information content (AvgIpc) is 2.80. The smallest absolute Gasteiger partial charge is 0.405 e. The van der Waals surface area contributed by atoms with Crippen LogP contribution in [-0.4, -0.2) is 25.1 Å². The van der Waals surface area contributed by atoms with Gasteiger partial charge in [0.15, 0.2) is 11.9 Å². The number of ether oxygens (including phenoxy) is 3. The van der Waals surface area contributed by atoms with Gasteiger partial charge in [-0.25, -0.2) is 4.79 Å². The van der Waals surface area contributed by atoms with Crippen molar-refractivity contribution in [2.75, 3.05) is 6.61 Å². The summed E-state index contributed by atoms with van der Waals surface area (Å²) in [5.74, 6) is 0. The van der Waals surface area contributed by atoms with Crippen LogP contribution in [0.5, 0.6) is 0 Å². The summed E-state index contributed by atoms with van der Waals surface area (Å²) >= 11 is 0. The molecular formula is C20H29NO4. The van der Waals surface area contributed by atoms with Crippen LogP contribution in [0, 0.1) is 5.41 Å². The minimum atomic E-state index is -0.874. The Balaban J connectivity index is 1.97. The van der Waals surface area contributed by atoms with Crippen LogP contribution in [0.25, 0.3) is 0 Å². The molecule has 1 saturated heterocycles. The molecule has 3 atom stereocenters. The number of amides is 1. The summed E-state index contributed by atoms with van der Waals surface area (Å²) in [6.07, 6.45) is 3.05. The van der Waals surface area contributed by atoms with E-state index in [-0.39, 0.29) is 17.8 Å². The van der Waals surface area contributed by atoms with Crippen molar-refractivity contribution in [3.8, 4) is 0 Å². The number of nitrogens with two attached hydrogens (primary N) is 1. The Morgan fingerprint density at radius 3 is 2.72 bits per heavy atom. The normalized spacial score (nSPS) is 29.2. The van der Waals surface area contributed by atoms with E-state index in [4.69, 9.17) is 19.9 Å². The first-order chi connectivity index (χ1) is 11.8. The summed E-state index contributed by atoms with van der Waals surface area (Å²) in [4.78, 5) is 11.8. The summed E-state index contributed by atoms with van der Waals surface area (Å²) in [5, 5.41) is 0. The van der Waals surface area contributed by atoms with Crippen LogP contribution in [0.4, 0.5) is 4.79 Å². The molecule has 138 valence electrons. The van der Waals surface area contributed by atoms with E-state index in [1.807, 2.05) is 18.2 Å². The number of rotatable bonds is 4. The monoisotopic (exact) mass is 347 g/mol. The van der Waals surface area contributed by atoms with E-state index in [9.17, 15) is 4.79 Å². The lowest BCUT2D eigenvalue weighted by atomic mass is 9.77. The van der Waals surface area contributed by atoms with Crippen LogP contribution >= 0.6 is 0 Å². The zero-order valence-corrected chi connectivity index (χ0v) is 15.4. The van der Waals surface area contributed by atoms with Crippen molar-refractivity contribution < 1.29 is 19.0 Å². The van der Waals surface area contributed by atoms with Crippen molar-refractivity contribution in [1.82, 2.24) is 0 Å². The summed E-state index contributed by atoms with van der Waals surface area (Å²) in [6.45, 7) is 7.11. The fourth-order valence-corrected chi connectivity index (χ4v) is 4.14. The molecule has 1 amide bonds. The number of hydrogen-bond acceptors (Lipinski definition) is 4. The first-order valence-electron chi connectivity index (χ1n) is 9.14. The van der Waals surface area contributed by atoms with Gasteiger partial charge in [0.1, 0.15) is 6.10 Å². The second kappa shape index (κ2) is 6.96. The van der Waals surface area contributed by atoms with Gasteiger partial charge in [-0.3, -0.25) is 0 Å². The Bertz CT molecular complexity index is 618. The van der Waals surface area contributed by atoms with Gasteiger partial charge in [-0.1, -0.05) is 45.0 Å². The second-order valence-corrected chi connectivity index (χ2v) is 8.33. The lowest BCUT2D eigenvalue weighted by Gasteiger charge is -2.41. The third-order valence-corrected chi connectivity index (χ3v) is 4.93. The molecule has 3 rings (SSSR count). The van der Waals surface area contributed by atoms with Crippen molar-refractivity contribution in [3.05, 3.63) is 35.4 Å². The van der Waals surface area contributed by atoms with Gasteiger partial charge in [-0.2, -0.15) is 0 Å². The largest absolute Gasteiger partial charge is 0.435 e. The van der Waals surface area contributed by atoms with E-state index in [2.05, 4.69) is 26.8 Å². The molecule has 25 heavy (non-hydrogen) atoms. The Kier molecular flexibility index (Phi) is 5.07. The molecule has 1 aliphatic heterocycles. The van der Waals surface area contributed by atoms with Gasteiger partial charge in [0.2, 0.25) is 0 Å². The quantitative estimate of drug-likeness (QED) is 0.897. The molecule has 0 aromatic heterocycles. The van der Waals surface area contributed by atoms with Crippen molar-refractivity contribution in [1.29, 1.82) is 0 Å². The fourth-order valence-electron chi connectivity index (χ4n) is 4.14. The number of primary amides is 1. The molecular weight excluding hydrogens is 318 g/mol. The molecule has 1 unspecified atom stereocenters. The van der Waals surface area contributed by atoms with Crippen LogP contribution < -0.4 is 5.73 Å². The highest BCUT2D eigenvalue weighted by Gasteiger charge is 2.53. The van der Waals surface area contributed by atoms with Gasteiger partial charge in [0, 0.05) is 18.6 Å². The summed E-state index contributed by atoms with van der Waals surface area (Å²) in [5.41, 5.74) is 6.69. The maximum absolute atomic E-state index is 11.8. The molecule has 0 radical (unpaired) electrons. The molecule has 5 nitrogen and oxygen atoms in total. The minimum absolute atomic E-state index is 0.0675. The third-order valence-electron chi connectivity index (χ3n) is 4.93. The summed E-state index contributed by atoms with van der Waals surface area (Å²) in [6, 6.07) is 8.07. The number of carbonyl (C=O) groups excluding carboxylic acids is 1. The molecule has 0 spiro atoms. The van der Waals surface area contributed by atoms with Gasteiger partial charge >= 0.3 is 6.09 Å². The van der Waals surface area contributed by atoms with Crippen LogP contribution in [-0.2, 0) is 26.2 Å². The van der Waals surface area contributed by atoms with Crippen LogP contribution in [0.1, 0.15) is 57.6 Å². The lowest BCUT2D eigenvalue weighted by Crippen LogP contribution is -2.47. The summed E-state index contributed by atoms with van der Waals surface area (Å²) < 4.78 is 17.9. The molecule has 2 N–H and O–H groups in total. The number of hydrogen-bond donors (Lipinski definition) is 1. The molecule has 1 heterocycles. The minimum Gasteiger partial charge on any atom is -0.435 e. The zero-order valence-electron chi connectivity index (χ0n) is 15.4. The molecule has 1 aromatic carbocycles. The van der Waals surface area contributed by atoms with E-state index in [0.717, 1.165) is 30.4 Å². The SMILES string of the molecule is CC(C)(C)C[C@@]1(OC(N)=O)c2ccccc2C[C@@H]1OC1CCCCO1. The zero-order chi connectivity index (χ0) is 18.1. The summed E-state index contributed by atoms with van der Waals surface area (Å²) in [7, 11) is 0. The maximum atomic E-state index is 11.8. The Morgan fingerprint density at radius 2 is 2.08 bits per heavy atom. The lowest BCUT2D eigenvalue weighted by molar-refractivity contribution is -0.229. The van der Waals surface area contributed by atoms with Gasteiger partial charge in [0.25, 0.3) is 0 Å². The van der Waals surface area contributed by atoms with Crippen molar-refractivity contribution in [3.63, 3.8) is 0 Å². The Labute approximate surface area is 149 Å². The molecule has 2 aliphatic rings. The van der Waals surface area contributed by atoms with Gasteiger partial charge < -0.3 is 19.9 Å². The van der Waals surface area contributed by atoms with Crippen LogP contribution in [0.2, 0.25) is 0 Å². The van der Waals surface area contributed by atoms with Crippen molar-refractivity contribution in [2.24, 2.45) is 11.1 Å². The first kappa shape index (κ1) is 18.2. The number of benzene rings is 1. The van der Waals surface area contributed by atoms with E-state index >= 15 is 0 Å². The Morgan fingerprint density at radius 1 is 1.32 bits per heavy atom. The second-order valence-electron chi connectivity index (χ2n) is 8.33. The van der Waals surface area contributed by atoms with Gasteiger partial charge in [0.05, 0.1) is 0 Å². The standard InChI is InChI=1S/C20H29NO4/c1-19(2,3)13-20(25-18(21)22)15-9-5-4-8-14(15)12-16(20)24-17-10-6-7-11-23-17/h4-5,8-9,16-17H,6-7,10-13H2,1-3H3,(H2,21,22)/t16-,17?,20+/m0/s1. The van der Waals surface area contributed by atoms with Crippen molar-refractivity contribution >= 4 is 6.09 Å². The van der Waals surface area contributed by atoms with E-state index < -0.39 is 11.7 Å². The highest BCUT2D eigenvalue weighted by molar-refractivity contribution is 5.66. The van der Waals surface area contributed by atoms with E-state index in [1.54, 1.807) is 0 Å². The predicted octanol–water partition coefficient (Wildman–Crippen LogP) is 3.88. The van der Waals surface area contributed by atoms with Crippen LogP contribution in [0.15, 0.2) is 24.3 Å². The van der Waals surface area contributed by atoms with E-state index in [1.165, 1.54) is 0 Å². The van der Waals surface area contributed by atoms with E-state index in [0.29, 0.717) is 19.4 Å². The maximum Gasteiger partial charge on any atom is 0.405 e. The molecule has 1 aliphatic carbocycles. The molecule has 1 fully saturated rings. The highest BCUT2D eigenvalue weighted by atomic mass is 16.7. The van der Waals surface area contributed by atoms with Crippen molar-refractivity contribution in [2.45, 2.75) is 70.9 Å². The molecule has 5 heteroatoms. The van der Waals surface area contributed by atoms with Crippen LogP contribution in [0.3, 0.4) is 0 Å². The van der Waals surface area contributed by atoms with Gasteiger partial charge in [-0.15, -0.1) is 0 Å². The Hall–Kier alpha value is -1.59. The topological polar surface area (TPSA) is 70.8 Å². The fraction of sp³-hybridized carbons (Fsp3) is 0.650. The predicted molar refractivity (Wildman–Crippen MR) is 95.0 cm³/mol.